The highest BCUT2D eigenvalue weighted by atomic mass is 32.1. The van der Waals surface area contributed by atoms with Gasteiger partial charge in [-0.2, -0.15) is 13.2 Å². The SMILES string of the molecule is O=C1Cc2ncc(-c3cccc(C(F)(F)F)c3)cc2N1Cc1csnn1. The number of aromatic nitrogens is 3. The first-order chi connectivity index (χ1) is 12.4. The maximum Gasteiger partial charge on any atom is 0.416 e. The molecular weight excluding hydrogens is 365 g/mol. The molecule has 0 aliphatic carbocycles. The van der Waals surface area contributed by atoms with Gasteiger partial charge in [0.25, 0.3) is 0 Å². The summed E-state index contributed by atoms with van der Waals surface area (Å²) < 4.78 is 42.6. The zero-order valence-electron chi connectivity index (χ0n) is 13.2. The number of rotatable bonds is 3. The van der Waals surface area contributed by atoms with Gasteiger partial charge < -0.3 is 4.90 Å². The lowest BCUT2D eigenvalue weighted by atomic mass is 10.0. The Morgan fingerprint density at radius 1 is 1.19 bits per heavy atom. The summed E-state index contributed by atoms with van der Waals surface area (Å²) in [6, 6.07) is 6.74. The molecule has 0 atom stereocenters. The quantitative estimate of drug-likeness (QED) is 0.699. The molecule has 3 heterocycles. The van der Waals surface area contributed by atoms with Gasteiger partial charge in [0.1, 0.15) is 0 Å². The van der Waals surface area contributed by atoms with Crippen LogP contribution < -0.4 is 4.90 Å². The van der Waals surface area contributed by atoms with Gasteiger partial charge in [-0.3, -0.25) is 9.78 Å². The molecule has 0 radical (unpaired) electrons. The number of alkyl halides is 3. The van der Waals surface area contributed by atoms with Crippen LogP contribution in [0.5, 0.6) is 0 Å². The number of pyridine rings is 1. The Hall–Kier alpha value is -2.81. The third-order valence-corrected chi connectivity index (χ3v) is 4.66. The molecule has 3 aromatic rings. The van der Waals surface area contributed by atoms with Crippen molar-refractivity contribution >= 4 is 23.1 Å². The van der Waals surface area contributed by atoms with E-state index in [1.54, 1.807) is 17.5 Å². The number of hydrogen-bond acceptors (Lipinski definition) is 5. The predicted octanol–water partition coefficient (Wildman–Crippen LogP) is 3.71. The zero-order chi connectivity index (χ0) is 18.3. The average molecular weight is 376 g/mol. The van der Waals surface area contributed by atoms with E-state index in [1.807, 2.05) is 0 Å². The van der Waals surface area contributed by atoms with Crippen molar-refractivity contribution in [3.8, 4) is 11.1 Å². The molecule has 9 heteroatoms. The summed E-state index contributed by atoms with van der Waals surface area (Å²) in [6.07, 6.45) is -2.76. The number of amides is 1. The second kappa shape index (κ2) is 6.17. The van der Waals surface area contributed by atoms with Crippen molar-refractivity contribution in [3.05, 3.63) is 58.9 Å². The highest BCUT2D eigenvalue weighted by Gasteiger charge is 2.31. The van der Waals surface area contributed by atoms with Gasteiger partial charge in [0, 0.05) is 17.1 Å². The number of nitrogens with zero attached hydrogens (tertiary/aromatic N) is 4. The molecule has 1 amide bonds. The Balaban J connectivity index is 1.71. The van der Waals surface area contributed by atoms with Gasteiger partial charge in [-0.15, -0.1) is 5.10 Å². The van der Waals surface area contributed by atoms with Gasteiger partial charge in [0.15, 0.2) is 0 Å². The molecule has 0 fully saturated rings. The summed E-state index contributed by atoms with van der Waals surface area (Å²) in [5.74, 6) is -0.123. The van der Waals surface area contributed by atoms with E-state index in [9.17, 15) is 18.0 Å². The molecule has 132 valence electrons. The molecule has 0 unspecified atom stereocenters. The zero-order valence-corrected chi connectivity index (χ0v) is 14.0. The highest BCUT2D eigenvalue weighted by Crippen LogP contribution is 2.35. The molecule has 26 heavy (non-hydrogen) atoms. The van der Waals surface area contributed by atoms with Crippen molar-refractivity contribution in [2.45, 2.75) is 19.1 Å². The van der Waals surface area contributed by atoms with Crippen LogP contribution in [0.2, 0.25) is 0 Å². The molecule has 1 aliphatic heterocycles. The number of benzene rings is 1. The van der Waals surface area contributed by atoms with Gasteiger partial charge in [0.2, 0.25) is 5.91 Å². The summed E-state index contributed by atoms with van der Waals surface area (Å²) in [5, 5.41) is 5.68. The Morgan fingerprint density at radius 3 is 2.77 bits per heavy atom. The van der Waals surface area contributed by atoms with E-state index in [2.05, 4.69) is 14.6 Å². The molecule has 1 aliphatic rings. The minimum atomic E-state index is -4.42. The number of hydrogen-bond donors (Lipinski definition) is 0. The Labute approximate surface area is 150 Å². The maximum atomic E-state index is 12.9. The van der Waals surface area contributed by atoms with Crippen LogP contribution in [0.4, 0.5) is 18.9 Å². The van der Waals surface area contributed by atoms with Gasteiger partial charge in [-0.25, -0.2) is 0 Å². The number of fused-ring (bicyclic) bond motifs is 1. The van der Waals surface area contributed by atoms with E-state index in [4.69, 9.17) is 0 Å². The second-order valence-corrected chi connectivity index (χ2v) is 6.43. The molecule has 4 rings (SSSR count). The van der Waals surface area contributed by atoms with Crippen LogP contribution in [-0.4, -0.2) is 20.5 Å². The summed E-state index contributed by atoms with van der Waals surface area (Å²) in [4.78, 5) is 18.1. The molecule has 0 spiro atoms. The van der Waals surface area contributed by atoms with Crippen LogP contribution in [0.25, 0.3) is 11.1 Å². The van der Waals surface area contributed by atoms with Gasteiger partial charge >= 0.3 is 6.18 Å². The van der Waals surface area contributed by atoms with Crippen molar-refractivity contribution in [2.75, 3.05) is 4.90 Å². The lowest BCUT2D eigenvalue weighted by Crippen LogP contribution is -2.26. The molecule has 0 N–H and O–H groups in total. The maximum absolute atomic E-state index is 12.9. The minimum Gasteiger partial charge on any atom is -0.304 e. The topological polar surface area (TPSA) is 59.0 Å². The lowest BCUT2D eigenvalue weighted by molar-refractivity contribution is -0.137. The highest BCUT2D eigenvalue weighted by molar-refractivity contribution is 7.03. The van der Waals surface area contributed by atoms with Gasteiger partial charge in [-0.05, 0) is 35.3 Å². The summed E-state index contributed by atoms with van der Waals surface area (Å²) in [7, 11) is 0. The van der Waals surface area contributed by atoms with E-state index in [-0.39, 0.29) is 18.9 Å². The van der Waals surface area contributed by atoms with Crippen LogP contribution >= 0.6 is 11.5 Å². The van der Waals surface area contributed by atoms with Crippen LogP contribution in [0.3, 0.4) is 0 Å². The van der Waals surface area contributed by atoms with Crippen LogP contribution in [0.15, 0.2) is 41.9 Å². The van der Waals surface area contributed by atoms with Crippen LogP contribution in [-0.2, 0) is 23.9 Å². The monoisotopic (exact) mass is 376 g/mol. The van der Waals surface area contributed by atoms with E-state index in [0.717, 1.165) is 12.1 Å². The van der Waals surface area contributed by atoms with Crippen molar-refractivity contribution in [1.82, 2.24) is 14.6 Å². The fourth-order valence-electron chi connectivity index (χ4n) is 2.85. The smallest absolute Gasteiger partial charge is 0.304 e. The standard InChI is InChI=1S/C17H11F3N4OS/c18-17(19,20)12-3-1-2-10(4-12)11-5-15-14(21-7-11)6-16(25)24(15)8-13-9-26-23-22-13/h1-5,7,9H,6,8H2. The number of halogens is 3. The Bertz CT molecular complexity index is 972. The number of anilines is 1. The summed E-state index contributed by atoms with van der Waals surface area (Å²) >= 11 is 1.19. The molecule has 0 saturated carbocycles. The first kappa shape index (κ1) is 16.6. The van der Waals surface area contributed by atoms with Crippen molar-refractivity contribution in [3.63, 3.8) is 0 Å². The largest absolute Gasteiger partial charge is 0.416 e. The Kier molecular flexibility index (Phi) is 3.95. The molecular formula is C17H11F3N4OS. The van der Waals surface area contributed by atoms with Gasteiger partial charge in [0.05, 0.1) is 35.6 Å². The normalized spacial score (nSPS) is 14.0. The predicted molar refractivity (Wildman–Crippen MR) is 89.5 cm³/mol. The summed E-state index contributed by atoms with van der Waals surface area (Å²) in [5.41, 5.74) is 2.04. The number of carbonyl (C=O) groups is 1. The van der Waals surface area contributed by atoms with E-state index in [1.165, 1.54) is 28.7 Å². The van der Waals surface area contributed by atoms with E-state index in [0.29, 0.717) is 28.2 Å². The fraction of sp³-hybridized carbons (Fsp3) is 0.176. The van der Waals surface area contributed by atoms with Crippen LogP contribution in [0, 0.1) is 0 Å². The Morgan fingerprint density at radius 2 is 2.04 bits per heavy atom. The molecule has 0 bridgehead atoms. The van der Waals surface area contributed by atoms with Crippen molar-refractivity contribution in [2.24, 2.45) is 0 Å². The molecule has 1 aromatic carbocycles. The van der Waals surface area contributed by atoms with E-state index < -0.39 is 11.7 Å². The molecule has 5 nitrogen and oxygen atoms in total. The summed E-state index contributed by atoms with van der Waals surface area (Å²) in [6.45, 7) is 0.260. The van der Waals surface area contributed by atoms with Gasteiger partial charge in [-0.1, -0.05) is 16.6 Å². The lowest BCUT2D eigenvalue weighted by Gasteiger charge is -2.16. The molecule has 2 aromatic heterocycles. The minimum absolute atomic E-state index is 0.123. The third kappa shape index (κ3) is 3.05. The van der Waals surface area contributed by atoms with Crippen molar-refractivity contribution < 1.29 is 18.0 Å². The number of carbonyl (C=O) groups excluding carboxylic acids is 1. The average Bonchev–Trinajstić information content (AvgIpc) is 3.23. The molecule has 0 saturated heterocycles. The van der Waals surface area contributed by atoms with E-state index >= 15 is 0 Å². The first-order valence-corrected chi connectivity index (χ1v) is 8.48. The van der Waals surface area contributed by atoms with Crippen molar-refractivity contribution in [1.29, 1.82) is 0 Å². The van der Waals surface area contributed by atoms with Crippen LogP contribution in [0.1, 0.15) is 17.0 Å². The third-order valence-electron chi connectivity index (χ3n) is 4.11. The fourth-order valence-corrected chi connectivity index (χ4v) is 3.29. The second-order valence-electron chi connectivity index (χ2n) is 5.82. The first-order valence-electron chi connectivity index (χ1n) is 7.64.